The summed E-state index contributed by atoms with van der Waals surface area (Å²) < 4.78 is 16.0. The first-order valence-corrected chi connectivity index (χ1v) is 17.2. The third-order valence-electron chi connectivity index (χ3n) is 10.7. The van der Waals surface area contributed by atoms with Crippen LogP contribution in [0.2, 0.25) is 5.02 Å². The van der Waals surface area contributed by atoms with E-state index in [-0.39, 0.29) is 17.4 Å². The Morgan fingerprint density at radius 2 is 1.98 bits per heavy atom. The van der Waals surface area contributed by atoms with E-state index >= 15 is 0 Å². The van der Waals surface area contributed by atoms with Crippen LogP contribution in [-0.2, 0) is 16.6 Å². The molecule has 2 heterocycles. The number of allylic oxidation sites excluding steroid dienone is 1. The summed E-state index contributed by atoms with van der Waals surface area (Å²) in [6, 6.07) is 12.5. The van der Waals surface area contributed by atoms with Gasteiger partial charge in [0.1, 0.15) is 5.75 Å². The third kappa shape index (κ3) is 5.48. The second kappa shape index (κ2) is 11.7. The van der Waals surface area contributed by atoms with E-state index in [4.69, 9.17) is 21.1 Å². The number of nitrogens with zero attached hydrogens (tertiary/aromatic N) is 1. The van der Waals surface area contributed by atoms with Crippen molar-refractivity contribution in [2.45, 2.75) is 75.1 Å². The van der Waals surface area contributed by atoms with Gasteiger partial charge in [-0.3, -0.25) is 9.52 Å². The summed E-state index contributed by atoms with van der Waals surface area (Å²) in [6.07, 6.45) is 14.0. The van der Waals surface area contributed by atoms with Crippen LogP contribution in [0.4, 0.5) is 5.69 Å². The Morgan fingerprint density at radius 1 is 1.12 bits per heavy atom. The van der Waals surface area contributed by atoms with Crippen LogP contribution in [0, 0.1) is 23.7 Å². The molecule has 6 atom stereocenters. The van der Waals surface area contributed by atoms with Crippen LogP contribution in [0.5, 0.6) is 5.75 Å². The van der Waals surface area contributed by atoms with E-state index in [0.717, 1.165) is 55.2 Å². The maximum absolute atomic E-state index is 13.5. The summed E-state index contributed by atoms with van der Waals surface area (Å²) in [4.78, 5) is 16.1. The molecule has 3 aliphatic carbocycles. The van der Waals surface area contributed by atoms with Gasteiger partial charge in [-0.1, -0.05) is 36.7 Å². The molecule has 2 saturated carbocycles. The molecule has 7 heteroatoms. The Kier molecular flexibility index (Phi) is 8.00. The second-order valence-electron chi connectivity index (χ2n) is 13.5. The van der Waals surface area contributed by atoms with Crippen LogP contribution in [0.15, 0.2) is 48.6 Å². The van der Waals surface area contributed by atoms with E-state index in [1.165, 1.54) is 36.8 Å². The topological polar surface area (TPSA) is 50.8 Å². The van der Waals surface area contributed by atoms with Gasteiger partial charge in [-0.15, -0.1) is 0 Å². The molecule has 224 valence electrons. The molecule has 7 rings (SSSR count). The van der Waals surface area contributed by atoms with Gasteiger partial charge in [0.2, 0.25) is 0 Å². The number of carbonyl (C=O) groups excluding carboxylic acids is 1. The summed E-state index contributed by atoms with van der Waals surface area (Å²) in [7, 11) is 1.87. The highest BCUT2D eigenvalue weighted by Gasteiger charge is 2.44. The van der Waals surface area contributed by atoms with Crippen molar-refractivity contribution in [3.8, 4) is 5.75 Å². The lowest BCUT2D eigenvalue weighted by Crippen LogP contribution is -2.49. The molecule has 2 aromatic carbocycles. The van der Waals surface area contributed by atoms with Crippen molar-refractivity contribution in [3.05, 3.63) is 70.3 Å². The van der Waals surface area contributed by atoms with Gasteiger partial charge < -0.3 is 14.4 Å². The molecule has 0 saturated heterocycles. The van der Waals surface area contributed by atoms with Crippen molar-refractivity contribution in [2.24, 2.45) is 23.7 Å². The molecule has 1 spiro atoms. The standard InChI is InChI=1S/C35H43ClN2O3S/c1-22-5-3-7-31(40-2)28-13-10-26(28)19-38-20-35(16-4-6-24-17-27(36)12-14-29(24)35)21-41-32-15-11-25(18-30(32)38)34(39)37-42-33(22)23-8-9-23/h3,7,11-12,14-15,17-18,22-23,26,28,31,33H,4-6,8-10,13,16,19-21H2,1-2H3,(H,37,39)/b7-3-/t22-,26+,28-,31+,33+,35+/m1/s1. The summed E-state index contributed by atoms with van der Waals surface area (Å²) in [5, 5.41) is 1.22. The molecular weight excluding hydrogens is 564 g/mol. The molecule has 0 unspecified atom stereocenters. The smallest absolute Gasteiger partial charge is 0.261 e. The number of carbonyl (C=O) groups is 1. The van der Waals surface area contributed by atoms with Gasteiger partial charge in [0.15, 0.2) is 0 Å². The van der Waals surface area contributed by atoms with E-state index in [1.807, 2.05) is 25.3 Å². The second-order valence-corrected chi connectivity index (χ2v) is 14.9. The minimum atomic E-state index is -0.121. The summed E-state index contributed by atoms with van der Waals surface area (Å²) >= 11 is 8.08. The minimum Gasteiger partial charge on any atom is -0.490 e. The fraction of sp³-hybridized carbons (Fsp3) is 0.571. The molecule has 0 radical (unpaired) electrons. The Labute approximate surface area is 259 Å². The van der Waals surface area contributed by atoms with Crippen molar-refractivity contribution < 1.29 is 14.3 Å². The average molecular weight is 607 g/mol. The van der Waals surface area contributed by atoms with E-state index in [0.29, 0.717) is 41.1 Å². The maximum Gasteiger partial charge on any atom is 0.261 e. The quantitative estimate of drug-likeness (QED) is 0.282. The van der Waals surface area contributed by atoms with E-state index in [2.05, 4.69) is 46.9 Å². The number of aryl methyl sites for hydroxylation is 1. The Balaban J connectivity index is 1.26. The number of fused-ring (bicyclic) bond motifs is 4. The Bertz CT molecular complexity index is 1360. The van der Waals surface area contributed by atoms with Gasteiger partial charge in [0, 0.05) is 41.5 Å². The zero-order valence-electron chi connectivity index (χ0n) is 24.8. The molecule has 2 aromatic rings. The molecule has 1 N–H and O–H groups in total. The predicted molar refractivity (Wildman–Crippen MR) is 172 cm³/mol. The van der Waals surface area contributed by atoms with Gasteiger partial charge in [-0.05, 0) is 128 Å². The summed E-state index contributed by atoms with van der Waals surface area (Å²) in [5.41, 5.74) is 4.34. The fourth-order valence-electron chi connectivity index (χ4n) is 8.03. The number of rotatable bonds is 2. The van der Waals surface area contributed by atoms with Crippen molar-refractivity contribution in [1.82, 2.24) is 4.72 Å². The van der Waals surface area contributed by atoms with Crippen molar-refractivity contribution in [3.63, 3.8) is 0 Å². The number of hydrogen-bond donors (Lipinski definition) is 1. The summed E-state index contributed by atoms with van der Waals surface area (Å²) in [6.45, 7) is 4.76. The fourth-order valence-corrected chi connectivity index (χ4v) is 9.40. The molecule has 5 nitrogen and oxygen atoms in total. The van der Waals surface area contributed by atoms with Gasteiger partial charge in [-0.2, -0.15) is 0 Å². The van der Waals surface area contributed by atoms with Crippen molar-refractivity contribution >= 4 is 35.1 Å². The van der Waals surface area contributed by atoms with Gasteiger partial charge in [-0.25, -0.2) is 0 Å². The number of amides is 1. The average Bonchev–Trinajstić information content (AvgIpc) is 3.82. The Morgan fingerprint density at radius 3 is 2.76 bits per heavy atom. The number of methoxy groups -OCH3 is 1. The normalized spacial score (nSPS) is 33.8. The van der Waals surface area contributed by atoms with Gasteiger partial charge in [0.25, 0.3) is 5.91 Å². The highest BCUT2D eigenvalue weighted by Crippen LogP contribution is 2.47. The number of nitrogens with one attached hydrogen (secondary N) is 1. The molecule has 2 aliphatic heterocycles. The lowest BCUT2D eigenvalue weighted by molar-refractivity contribution is 0.0131. The minimum absolute atomic E-state index is 0.0131. The molecule has 5 aliphatic rings. The van der Waals surface area contributed by atoms with Gasteiger partial charge >= 0.3 is 0 Å². The SMILES string of the molecule is CO[C@H]1/C=C\C[C@@H](C)[C@@H](C2CC2)SNC(=O)c2ccc3c(c2)N(C[C@@H]2CC[C@H]21)C[C@@]1(CCCc2cc(Cl)ccc21)CO3. The highest BCUT2D eigenvalue weighted by atomic mass is 35.5. The third-order valence-corrected chi connectivity index (χ3v) is 12.4. The van der Waals surface area contributed by atoms with Crippen LogP contribution < -0.4 is 14.4 Å². The molecule has 2 bridgehead atoms. The first-order chi connectivity index (χ1) is 20.4. The van der Waals surface area contributed by atoms with Crippen LogP contribution in [-0.4, -0.2) is 44.1 Å². The number of anilines is 1. The molecule has 1 amide bonds. The predicted octanol–water partition coefficient (Wildman–Crippen LogP) is 7.61. The van der Waals surface area contributed by atoms with Gasteiger partial charge in [0.05, 0.1) is 18.4 Å². The molecule has 0 aromatic heterocycles. The van der Waals surface area contributed by atoms with Crippen LogP contribution in [0.3, 0.4) is 0 Å². The number of benzene rings is 2. The van der Waals surface area contributed by atoms with Crippen LogP contribution >= 0.6 is 23.5 Å². The lowest BCUT2D eigenvalue weighted by Gasteiger charge is -2.46. The zero-order chi connectivity index (χ0) is 28.8. The highest BCUT2D eigenvalue weighted by molar-refractivity contribution is 7.98. The van der Waals surface area contributed by atoms with E-state index in [9.17, 15) is 4.79 Å². The molecule has 42 heavy (non-hydrogen) atoms. The number of hydrogen-bond acceptors (Lipinski definition) is 5. The number of halogens is 1. The van der Waals surface area contributed by atoms with Crippen LogP contribution in [0.25, 0.3) is 0 Å². The molecule has 2 fully saturated rings. The van der Waals surface area contributed by atoms with Crippen molar-refractivity contribution in [1.29, 1.82) is 0 Å². The zero-order valence-corrected chi connectivity index (χ0v) is 26.4. The van der Waals surface area contributed by atoms with E-state index in [1.54, 1.807) is 11.9 Å². The first kappa shape index (κ1) is 28.6. The number of ether oxygens (including phenoxy) is 2. The monoisotopic (exact) mass is 606 g/mol. The van der Waals surface area contributed by atoms with Crippen molar-refractivity contribution in [2.75, 3.05) is 31.7 Å². The lowest BCUT2D eigenvalue weighted by atomic mass is 9.68. The molecular formula is C35H43ClN2O3S. The van der Waals surface area contributed by atoms with Crippen LogP contribution in [0.1, 0.15) is 73.4 Å². The maximum atomic E-state index is 13.5. The Hall–Kier alpha value is -2.15. The first-order valence-electron chi connectivity index (χ1n) is 15.9. The van der Waals surface area contributed by atoms with E-state index < -0.39 is 0 Å². The largest absolute Gasteiger partial charge is 0.490 e. The summed E-state index contributed by atoms with van der Waals surface area (Å²) in [5.74, 6) is 3.06.